The van der Waals surface area contributed by atoms with Crippen LogP contribution in [0.15, 0.2) is 24.3 Å². The second kappa shape index (κ2) is 7.05. The van der Waals surface area contributed by atoms with E-state index in [1.54, 1.807) is 38.1 Å². The van der Waals surface area contributed by atoms with Gasteiger partial charge in [-0.25, -0.2) is 0 Å². The number of hydrogen-bond acceptors (Lipinski definition) is 3. The van der Waals surface area contributed by atoms with Crippen LogP contribution in [-0.2, 0) is 15.0 Å². The number of hydrogen-bond donors (Lipinski definition) is 3. The van der Waals surface area contributed by atoms with Gasteiger partial charge in [0.15, 0.2) is 0 Å². The predicted molar refractivity (Wildman–Crippen MR) is 78.9 cm³/mol. The fraction of sp³-hybridized carbons (Fsp3) is 0.467. The Morgan fingerprint density at radius 2 is 1.80 bits per heavy atom. The third-order valence-corrected chi connectivity index (χ3v) is 3.14. The van der Waals surface area contributed by atoms with Crippen molar-refractivity contribution in [2.75, 3.05) is 18.4 Å². The third kappa shape index (κ3) is 4.35. The highest BCUT2D eigenvalue weighted by atomic mass is 16.4. The molecule has 20 heavy (non-hydrogen) atoms. The van der Waals surface area contributed by atoms with Crippen LogP contribution in [0.4, 0.5) is 5.69 Å². The van der Waals surface area contributed by atoms with Crippen molar-refractivity contribution in [3.63, 3.8) is 0 Å². The molecule has 0 aliphatic rings. The summed E-state index contributed by atoms with van der Waals surface area (Å²) in [6, 6.07) is 6.89. The number of carbonyl (C=O) groups excluding carboxylic acids is 1. The SMILES string of the molecule is CCCNCC(=O)Nc1ccc(C(C)(C)C(=O)O)cc1. The van der Waals surface area contributed by atoms with Crippen LogP contribution >= 0.6 is 0 Å². The van der Waals surface area contributed by atoms with Gasteiger partial charge in [0, 0.05) is 5.69 Å². The summed E-state index contributed by atoms with van der Waals surface area (Å²) in [4.78, 5) is 22.8. The summed E-state index contributed by atoms with van der Waals surface area (Å²) in [7, 11) is 0. The number of nitrogens with one attached hydrogen (secondary N) is 2. The van der Waals surface area contributed by atoms with Crippen LogP contribution in [-0.4, -0.2) is 30.1 Å². The molecule has 5 heteroatoms. The van der Waals surface area contributed by atoms with E-state index in [1.165, 1.54) is 0 Å². The number of amides is 1. The van der Waals surface area contributed by atoms with E-state index >= 15 is 0 Å². The van der Waals surface area contributed by atoms with E-state index in [2.05, 4.69) is 10.6 Å². The maximum atomic E-state index is 11.6. The highest BCUT2D eigenvalue weighted by molar-refractivity contribution is 5.92. The zero-order chi connectivity index (χ0) is 15.2. The first-order valence-electron chi connectivity index (χ1n) is 6.72. The fourth-order valence-corrected chi connectivity index (χ4v) is 1.68. The molecule has 0 aliphatic carbocycles. The van der Waals surface area contributed by atoms with Gasteiger partial charge in [-0.15, -0.1) is 0 Å². The highest BCUT2D eigenvalue weighted by Gasteiger charge is 2.29. The molecule has 0 spiro atoms. The van der Waals surface area contributed by atoms with Crippen molar-refractivity contribution in [3.8, 4) is 0 Å². The smallest absolute Gasteiger partial charge is 0.313 e. The number of carbonyl (C=O) groups is 2. The Bertz CT molecular complexity index is 467. The first-order valence-corrected chi connectivity index (χ1v) is 6.72. The van der Waals surface area contributed by atoms with Crippen LogP contribution in [0.25, 0.3) is 0 Å². The van der Waals surface area contributed by atoms with Crippen LogP contribution in [0, 0.1) is 0 Å². The number of benzene rings is 1. The van der Waals surface area contributed by atoms with Gasteiger partial charge in [-0.05, 0) is 44.5 Å². The number of aliphatic carboxylic acids is 1. The van der Waals surface area contributed by atoms with Gasteiger partial charge in [0.2, 0.25) is 5.91 Å². The number of carboxylic acid groups (broad SMARTS) is 1. The molecule has 1 rings (SSSR count). The lowest BCUT2D eigenvalue weighted by atomic mass is 9.85. The molecule has 0 atom stereocenters. The monoisotopic (exact) mass is 278 g/mol. The molecular formula is C15H22N2O3. The maximum Gasteiger partial charge on any atom is 0.313 e. The van der Waals surface area contributed by atoms with Gasteiger partial charge in [-0.3, -0.25) is 9.59 Å². The molecule has 0 saturated heterocycles. The number of rotatable bonds is 7. The van der Waals surface area contributed by atoms with Gasteiger partial charge in [-0.1, -0.05) is 19.1 Å². The fourth-order valence-electron chi connectivity index (χ4n) is 1.68. The number of anilines is 1. The molecule has 3 N–H and O–H groups in total. The third-order valence-electron chi connectivity index (χ3n) is 3.14. The van der Waals surface area contributed by atoms with Crippen molar-refractivity contribution in [1.29, 1.82) is 0 Å². The van der Waals surface area contributed by atoms with Crippen molar-refractivity contribution < 1.29 is 14.7 Å². The standard InChI is InChI=1S/C15H22N2O3/c1-4-9-16-10-13(18)17-12-7-5-11(6-8-12)15(2,3)14(19)20/h5-8,16H,4,9-10H2,1-3H3,(H,17,18)(H,19,20). The largest absolute Gasteiger partial charge is 0.481 e. The molecule has 0 aliphatic heterocycles. The summed E-state index contributed by atoms with van der Waals surface area (Å²) in [5.41, 5.74) is 0.427. The van der Waals surface area contributed by atoms with E-state index in [4.69, 9.17) is 5.11 Å². The summed E-state index contributed by atoms with van der Waals surface area (Å²) in [6.45, 7) is 6.42. The van der Waals surface area contributed by atoms with E-state index in [-0.39, 0.29) is 12.5 Å². The average Bonchev–Trinajstić information content (AvgIpc) is 2.39. The van der Waals surface area contributed by atoms with E-state index in [9.17, 15) is 9.59 Å². The van der Waals surface area contributed by atoms with Gasteiger partial charge in [0.25, 0.3) is 0 Å². The Morgan fingerprint density at radius 1 is 1.20 bits per heavy atom. The lowest BCUT2D eigenvalue weighted by Crippen LogP contribution is -2.29. The summed E-state index contributed by atoms with van der Waals surface area (Å²) in [5.74, 6) is -0.984. The molecule has 1 amide bonds. The van der Waals surface area contributed by atoms with E-state index < -0.39 is 11.4 Å². The molecule has 0 radical (unpaired) electrons. The quantitative estimate of drug-likeness (QED) is 0.666. The molecule has 0 aromatic heterocycles. The summed E-state index contributed by atoms with van der Waals surface area (Å²) in [5, 5.41) is 14.9. The molecule has 110 valence electrons. The van der Waals surface area contributed by atoms with Crippen molar-refractivity contribution in [3.05, 3.63) is 29.8 Å². The van der Waals surface area contributed by atoms with Gasteiger partial charge in [0.1, 0.15) is 0 Å². The Balaban J connectivity index is 2.63. The second-order valence-corrected chi connectivity index (χ2v) is 5.23. The predicted octanol–water partition coefficient (Wildman–Crippen LogP) is 1.99. The minimum Gasteiger partial charge on any atom is -0.481 e. The normalized spacial score (nSPS) is 11.2. The van der Waals surface area contributed by atoms with Gasteiger partial charge in [0.05, 0.1) is 12.0 Å². The van der Waals surface area contributed by atoms with Crippen LogP contribution in [0.1, 0.15) is 32.8 Å². The second-order valence-electron chi connectivity index (χ2n) is 5.23. The van der Waals surface area contributed by atoms with Gasteiger partial charge in [-0.2, -0.15) is 0 Å². The van der Waals surface area contributed by atoms with Crippen molar-refractivity contribution in [2.45, 2.75) is 32.6 Å². The van der Waals surface area contributed by atoms with Crippen molar-refractivity contribution in [2.24, 2.45) is 0 Å². The zero-order valence-electron chi connectivity index (χ0n) is 12.2. The summed E-state index contributed by atoms with van der Waals surface area (Å²) in [6.07, 6.45) is 0.978. The van der Waals surface area contributed by atoms with Crippen molar-refractivity contribution in [1.82, 2.24) is 5.32 Å². The lowest BCUT2D eigenvalue weighted by molar-refractivity contribution is -0.142. The Hall–Kier alpha value is -1.88. The molecule has 0 unspecified atom stereocenters. The van der Waals surface area contributed by atoms with Crippen LogP contribution in [0.3, 0.4) is 0 Å². The molecule has 1 aromatic rings. The first kappa shape index (κ1) is 16.2. The molecule has 0 heterocycles. The molecule has 5 nitrogen and oxygen atoms in total. The summed E-state index contributed by atoms with van der Waals surface area (Å²) < 4.78 is 0. The Morgan fingerprint density at radius 3 is 2.30 bits per heavy atom. The van der Waals surface area contributed by atoms with Crippen molar-refractivity contribution >= 4 is 17.6 Å². The van der Waals surface area contributed by atoms with E-state index in [0.717, 1.165) is 13.0 Å². The molecule has 1 aromatic carbocycles. The summed E-state index contributed by atoms with van der Waals surface area (Å²) >= 11 is 0. The zero-order valence-corrected chi connectivity index (χ0v) is 12.2. The average molecular weight is 278 g/mol. The molecule has 0 bridgehead atoms. The van der Waals surface area contributed by atoms with Gasteiger partial charge < -0.3 is 15.7 Å². The first-order chi connectivity index (χ1) is 9.37. The van der Waals surface area contributed by atoms with E-state index in [0.29, 0.717) is 11.3 Å². The minimum atomic E-state index is -0.939. The molecule has 0 fully saturated rings. The highest BCUT2D eigenvalue weighted by Crippen LogP contribution is 2.24. The van der Waals surface area contributed by atoms with Crippen LogP contribution in [0.5, 0.6) is 0 Å². The molecular weight excluding hydrogens is 256 g/mol. The van der Waals surface area contributed by atoms with Crippen LogP contribution < -0.4 is 10.6 Å². The maximum absolute atomic E-state index is 11.6. The van der Waals surface area contributed by atoms with Gasteiger partial charge >= 0.3 is 5.97 Å². The molecule has 0 saturated carbocycles. The Kier molecular flexibility index (Phi) is 5.70. The lowest BCUT2D eigenvalue weighted by Gasteiger charge is -2.19. The van der Waals surface area contributed by atoms with Crippen LogP contribution in [0.2, 0.25) is 0 Å². The van der Waals surface area contributed by atoms with E-state index in [1.807, 2.05) is 6.92 Å². The topological polar surface area (TPSA) is 78.4 Å². The Labute approximate surface area is 119 Å². The minimum absolute atomic E-state index is 0.108. The number of carboxylic acids is 1.